The predicted octanol–water partition coefficient (Wildman–Crippen LogP) is 3.76. The fourth-order valence-corrected chi connectivity index (χ4v) is 5.15. The standard InChI is InChI=1S/C29H25Cl2FN4O3/c1-18-7-8-20(27(37)35-13-11-34(12-14-35)17-19-5-3-2-4-6-19)15-24(18)33-26-25(31)28(38)36(29(26)39)21-9-10-23(32)22(30)16-21/h2-10,15-16,33H,11-14,17H2,1H3/p+1. The van der Waals surface area contributed by atoms with Crippen LogP contribution in [0.5, 0.6) is 0 Å². The van der Waals surface area contributed by atoms with E-state index in [9.17, 15) is 18.8 Å². The van der Waals surface area contributed by atoms with Crippen molar-refractivity contribution in [2.24, 2.45) is 0 Å². The number of rotatable bonds is 6. The molecule has 0 bridgehead atoms. The van der Waals surface area contributed by atoms with Crippen molar-refractivity contribution in [2.75, 3.05) is 36.4 Å². The number of hydrogen-bond donors (Lipinski definition) is 2. The fraction of sp³-hybridized carbons (Fsp3) is 0.207. The van der Waals surface area contributed by atoms with Gasteiger partial charge in [0.2, 0.25) is 0 Å². The molecule has 0 spiro atoms. The first-order valence-electron chi connectivity index (χ1n) is 12.5. The minimum absolute atomic E-state index is 0.0977. The molecule has 2 aliphatic rings. The molecule has 3 amide bonds. The average molecular weight is 568 g/mol. The van der Waals surface area contributed by atoms with Crippen LogP contribution in [0.2, 0.25) is 5.02 Å². The molecule has 0 unspecified atom stereocenters. The number of quaternary nitrogens is 1. The molecule has 1 saturated heterocycles. The molecule has 7 nitrogen and oxygen atoms in total. The van der Waals surface area contributed by atoms with E-state index in [0.717, 1.165) is 36.2 Å². The zero-order valence-corrected chi connectivity index (χ0v) is 22.7. The van der Waals surface area contributed by atoms with Gasteiger partial charge in [0.05, 0.1) is 36.9 Å². The van der Waals surface area contributed by atoms with Crippen LogP contribution in [-0.2, 0) is 16.1 Å². The Morgan fingerprint density at radius 1 is 0.974 bits per heavy atom. The van der Waals surface area contributed by atoms with E-state index in [0.29, 0.717) is 24.3 Å². The Morgan fingerprint density at radius 2 is 1.69 bits per heavy atom. The number of amides is 3. The van der Waals surface area contributed by atoms with Crippen molar-refractivity contribution in [3.63, 3.8) is 0 Å². The van der Waals surface area contributed by atoms with Crippen LogP contribution in [0, 0.1) is 12.7 Å². The van der Waals surface area contributed by atoms with E-state index in [2.05, 4.69) is 17.4 Å². The molecule has 3 aromatic rings. The van der Waals surface area contributed by atoms with E-state index in [4.69, 9.17) is 23.2 Å². The molecule has 200 valence electrons. The number of hydrogen-bond acceptors (Lipinski definition) is 4. The van der Waals surface area contributed by atoms with Gasteiger partial charge in [-0.2, -0.15) is 0 Å². The maximum atomic E-state index is 13.6. The van der Waals surface area contributed by atoms with Crippen molar-refractivity contribution >= 4 is 52.3 Å². The van der Waals surface area contributed by atoms with Crippen LogP contribution in [0.25, 0.3) is 0 Å². The van der Waals surface area contributed by atoms with Crippen molar-refractivity contribution in [3.8, 4) is 0 Å². The molecule has 2 aliphatic heterocycles. The van der Waals surface area contributed by atoms with Gasteiger partial charge >= 0.3 is 0 Å². The predicted molar refractivity (Wildman–Crippen MR) is 148 cm³/mol. The second-order valence-electron chi connectivity index (χ2n) is 9.59. The summed E-state index contributed by atoms with van der Waals surface area (Å²) in [5.74, 6) is -2.24. The SMILES string of the molecule is Cc1ccc(C(=O)N2CC[NH+](Cc3ccccc3)CC2)cc1NC1=C(Cl)C(=O)N(c2ccc(F)c(Cl)c2)C1=O. The van der Waals surface area contributed by atoms with Crippen LogP contribution in [0.4, 0.5) is 15.8 Å². The summed E-state index contributed by atoms with van der Waals surface area (Å²) in [5.41, 5.74) is 2.93. The van der Waals surface area contributed by atoms with Gasteiger partial charge in [0.1, 0.15) is 23.1 Å². The lowest BCUT2D eigenvalue weighted by atomic mass is 10.1. The maximum Gasteiger partial charge on any atom is 0.283 e. The molecule has 0 radical (unpaired) electrons. The highest BCUT2D eigenvalue weighted by Crippen LogP contribution is 2.33. The molecule has 0 aliphatic carbocycles. The molecule has 1 fully saturated rings. The van der Waals surface area contributed by atoms with Crippen LogP contribution in [0.1, 0.15) is 21.5 Å². The Balaban J connectivity index is 1.28. The summed E-state index contributed by atoms with van der Waals surface area (Å²) < 4.78 is 13.6. The van der Waals surface area contributed by atoms with Gasteiger partial charge in [-0.25, -0.2) is 9.29 Å². The zero-order valence-electron chi connectivity index (χ0n) is 21.1. The molecule has 2 N–H and O–H groups in total. The number of benzene rings is 3. The minimum Gasteiger partial charge on any atom is -0.349 e. The lowest BCUT2D eigenvalue weighted by Gasteiger charge is -2.32. The number of halogens is 3. The monoisotopic (exact) mass is 567 g/mol. The van der Waals surface area contributed by atoms with Gasteiger partial charge in [0.15, 0.2) is 0 Å². The van der Waals surface area contributed by atoms with Crippen LogP contribution in [0.15, 0.2) is 77.5 Å². The van der Waals surface area contributed by atoms with Crippen molar-refractivity contribution in [2.45, 2.75) is 13.5 Å². The lowest BCUT2D eigenvalue weighted by molar-refractivity contribution is -0.917. The molecule has 3 aromatic carbocycles. The Bertz CT molecular complexity index is 1490. The van der Waals surface area contributed by atoms with E-state index in [1.54, 1.807) is 18.2 Å². The normalized spacial score (nSPS) is 16.3. The maximum absolute atomic E-state index is 13.6. The van der Waals surface area contributed by atoms with Gasteiger partial charge in [-0.05, 0) is 42.8 Å². The Labute approximate surface area is 235 Å². The molecule has 0 saturated carbocycles. The van der Waals surface area contributed by atoms with E-state index in [1.807, 2.05) is 30.0 Å². The van der Waals surface area contributed by atoms with Crippen molar-refractivity contribution in [1.29, 1.82) is 0 Å². The average Bonchev–Trinajstić information content (AvgIpc) is 3.15. The summed E-state index contributed by atoms with van der Waals surface area (Å²) in [4.78, 5) is 43.4. The quantitative estimate of drug-likeness (QED) is 0.445. The zero-order chi connectivity index (χ0) is 27.7. The van der Waals surface area contributed by atoms with E-state index < -0.39 is 17.6 Å². The van der Waals surface area contributed by atoms with Crippen LogP contribution in [-0.4, -0.2) is 48.8 Å². The lowest BCUT2D eigenvalue weighted by Crippen LogP contribution is -3.13. The highest BCUT2D eigenvalue weighted by molar-refractivity contribution is 6.53. The summed E-state index contributed by atoms with van der Waals surface area (Å²) in [7, 11) is 0. The Hall–Kier alpha value is -3.72. The highest BCUT2D eigenvalue weighted by atomic mass is 35.5. The summed E-state index contributed by atoms with van der Waals surface area (Å²) in [6.45, 7) is 5.70. The molecule has 10 heteroatoms. The van der Waals surface area contributed by atoms with Crippen molar-refractivity contribution in [1.82, 2.24) is 4.90 Å². The molecular weight excluding hydrogens is 542 g/mol. The minimum atomic E-state index is -0.757. The highest BCUT2D eigenvalue weighted by Gasteiger charge is 2.39. The third-order valence-electron chi connectivity index (χ3n) is 6.99. The van der Waals surface area contributed by atoms with Crippen molar-refractivity contribution < 1.29 is 23.7 Å². The number of nitrogens with zero attached hydrogens (tertiary/aromatic N) is 2. The topological polar surface area (TPSA) is 74.2 Å². The van der Waals surface area contributed by atoms with Crippen LogP contribution >= 0.6 is 23.2 Å². The van der Waals surface area contributed by atoms with Crippen LogP contribution < -0.4 is 15.1 Å². The number of carbonyl (C=O) groups excluding carboxylic acids is 3. The number of piperazine rings is 1. The van der Waals surface area contributed by atoms with E-state index in [1.165, 1.54) is 22.6 Å². The first-order valence-corrected chi connectivity index (χ1v) is 13.3. The summed E-state index contributed by atoms with van der Waals surface area (Å²) in [6.07, 6.45) is 0. The van der Waals surface area contributed by atoms with Gasteiger partial charge in [0, 0.05) is 16.8 Å². The molecule has 39 heavy (non-hydrogen) atoms. The second kappa shape index (κ2) is 11.2. The first kappa shape index (κ1) is 26.9. The van der Waals surface area contributed by atoms with Crippen LogP contribution in [0.3, 0.4) is 0 Å². The van der Waals surface area contributed by atoms with Gasteiger partial charge in [-0.3, -0.25) is 14.4 Å². The number of nitrogens with one attached hydrogen (secondary N) is 2. The number of imide groups is 1. The van der Waals surface area contributed by atoms with Gasteiger partial charge in [-0.1, -0.05) is 59.6 Å². The largest absolute Gasteiger partial charge is 0.349 e. The van der Waals surface area contributed by atoms with E-state index in [-0.39, 0.29) is 27.3 Å². The Kier molecular flexibility index (Phi) is 7.70. The third kappa shape index (κ3) is 5.54. The molecular formula is C29H26Cl2FN4O3+. The summed E-state index contributed by atoms with van der Waals surface area (Å²) >= 11 is 12.1. The molecule has 2 heterocycles. The molecule has 0 aromatic heterocycles. The van der Waals surface area contributed by atoms with Gasteiger partial charge < -0.3 is 15.1 Å². The number of carbonyl (C=O) groups is 3. The third-order valence-corrected chi connectivity index (χ3v) is 7.63. The summed E-state index contributed by atoms with van der Waals surface area (Å²) in [5, 5.41) is 2.41. The summed E-state index contributed by atoms with van der Waals surface area (Å²) in [6, 6.07) is 19.0. The van der Waals surface area contributed by atoms with Gasteiger partial charge in [-0.15, -0.1) is 0 Å². The molecule has 5 rings (SSSR count). The smallest absolute Gasteiger partial charge is 0.283 e. The fourth-order valence-electron chi connectivity index (χ4n) is 4.76. The number of anilines is 2. The van der Waals surface area contributed by atoms with Crippen molar-refractivity contribution in [3.05, 3.63) is 105 Å². The second-order valence-corrected chi connectivity index (χ2v) is 10.4. The first-order chi connectivity index (χ1) is 18.7. The van der Waals surface area contributed by atoms with Gasteiger partial charge in [0.25, 0.3) is 17.7 Å². The van der Waals surface area contributed by atoms with E-state index >= 15 is 0 Å². The molecule has 0 atom stereocenters. The Morgan fingerprint density at radius 3 is 2.38 bits per heavy atom. The number of aryl methyl sites for hydroxylation is 1.